The average molecular weight is 215 g/mol. The number of carbonyl (C=O) groups excluding carboxylic acids is 1. The van der Waals surface area contributed by atoms with Gasteiger partial charge >= 0.3 is 6.09 Å². The van der Waals surface area contributed by atoms with Crippen LogP contribution in [0.1, 0.15) is 33.1 Å². The van der Waals surface area contributed by atoms with Crippen molar-refractivity contribution in [1.29, 1.82) is 5.41 Å². The zero-order chi connectivity index (χ0) is 11.7. The molecular weight excluding hydrogens is 194 g/mol. The third-order valence-electron chi connectivity index (χ3n) is 1.69. The molecule has 0 fully saturated rings. The quantitative estimate of drug-likeness (QED) is 0.341. The molecule has 0 bridgehead atoms. The van der Waals surface area contributed by atoms with Crippen LogP contribution in [0.4, 0.5) is 4.79 Å². The summed E-state index contributed by atoms with van der Waals surface area (Å²) in [6.45, 7) is 4.99. The van der Waals surface area contributed by atoms with Gasteiger partial charge in [0.1, 0.15) is 0 Å². The Labute approximate surface area is 90.9 Å². The second-order valence-electron chi connectivity index (χ2n) is 3.90. The highest BCUT2D eigenvalue weighted by molar-refractivity contribution is 5.76. The minimum Gasteiger partial charge on any atom is -0.449 e. The normalized spacial score (nSPS) is 10.1. The number of amidine groups is 1. The van der Waals surface area contributed by atoms with Crippen LogP contribution in [-0.4, -0.2) is 25.1 Å². The van der Waals surface area contributed by atoms with E-state index in [9.17, 15) is 4.79 Å². The van der Waals surface area contributed by atoms with Crippen LogP contribution >= 0.6 is 0 Å². The number of rotatable bonds is 7. The second-order valence-corrected chi connectivity index (χ2v) is 3.90. The van der Waals surface area contributed by atoms with Crippen LogP contribution < -0.4 is 11.1 Å². The number of hydrogen-bond acceptors (Lipinski definition) is 3. The number of carbonyl (C=O) groups is 1. The summed E-state index contributed by atoms with van der Waals surface area (Å²) < 4.78 is 4.91. The van der Waals surface area contributed by atoms with Crippen molar-refractivity contribution in [2.24, 2.45) is 11.7 Å². The summed E-state index contributed by atoms with van der Waals surface area (Å²) in [5, 5.41) is 9.63. The summed E-state index contributed by atoms with van der Waals surface area (Å²) >= 11 is 0. The van der Waals surface area contributed by atoms with Crippen LogP contribution in [-0.2, 0) is 4.74 Å². The number of amides is 1. The molecule has 4 N–H and O–H groups in total. The Morgan fingerprint density at radius 1 is 1.47 bits per heavy atom. The van der Waals surface area contributed by atoms with Crippen LogP contribution in [0.2, 0.25) is 0 Å². The third-order valence-corrected chi connectivity index (χ3v) is 1.69. The van der Waals surface area contributed by atoms with Gasteiger partial charge in [-0.05, 0) is 18.8 Å². The largest absolute Gasteiger partial charge is 0.449 e. The zero-order valence-corrected chi connectivity index (χ0v) is 9.51. The summed E-state index contributed by atoms with van der Waals surface area (Å²) in [5.41, 5.74) is 5.19. The van der Waals surface area contributed by atoms with E-state index in [0.29, 0.717) is 25.5 Å². The highest BCUT2D eigenvalue weighted by atomic mass is 16.5. The third kappa shape index (κ3) is 10.7. The van der Waals surface area contributed by atoms with Gasteiger partial charge in [-0.2, -0.15) is 0 Å². The van der Waals surface area contributed by atoms with Gasteiger partial charge < -0.3 is 15.8 Å². The van der Waals surface area contributed by atoms with Crippen LogP contribution in [0.15, 0.2) is 0 Å². The number of alkyl carbamates (subject to hydrolysis) is 1. The molecule has 0 rings (SSSR count). The molecule has 0 aromatic heterocycles. The lowest BCUT2D eigenvalue weighted by Gasteiger charge is -2.08. The molecule has 15 heavy (non-hydrogen) atoms. The molecule has 5 nitrogen and oxygen atoms in total. The Balaban J connectivity index is 3.28. The molecular formula is C10H21N3O2. The van der Waals surface area contributed by atoms with Gasteiger partial charge in [0, 0.05) is 13.0 Å². The summed E-state index contributed by atoms with van der Waals surface area (Å²) in [6.07, 6.45) is 1.85. The maximum Gasteiger partial charge on any atom is 0.407 e. The lowest BCUT2D eigenvalue weighted by atomic mass is 10.2. The fourth-order valence-corrected chi connectivity index (χ4v) is 0.924. The molecule has 0 saturated carbocycles. The Bertz CT molecular complexity index is 205. The van der Waals surface area contributed by atoms with Crippen molar-refractivity contribution in [3.8, 4) is 0 Å². The van der Waals surface area contributed by atoms with Gasteiger partial charge in [0.05, 0.1) is 12.4 Å². The van der Waals surface area contributed by atoms with E-state index in [0.717, 1.165) is 12.8 Å². The smallest absolute Gasteiger partial charge is 0.407 e. The summed E-state index contributed by atoms with van der Waals surface area (Å²) in [5.74, 6) is 0.547. The monoisotopic (exact) mass is 215 g/mol. The Morgan fingerprint density at radius 2 is 2.13 bits per heavy atom. The predicted molar refractivity (Wildman–Crippen MR) is 60.0 cm³/mol. The van der Waals surface area contributed by atoms with Crippen LogP contribution in [0, 0.1) is 11.3 Å². The van der Waals surface area contributed by atoms with Gasteiger partial charge in [-0.3, -0.25) is 5.41 Å². The van der Waals surface area contributed by atoms with Crippen molar-refractivity contribution in [2.45, 2.75) is 33.1 Å². The van der Waals surface area contributed by atoms with E-state index in [4.69, 9.17) is 15.9 Å². The number of hydrogen-bond donors (Lipinski definition) is 3. The van der Waals surface area contributed by atoms with Crippen molar-refractivity contribution in [1.82, 2.24) is 5.32 Å². The van der Waals surface area contributed by atoms with Crippen LogP contribution in [0.25, 0.3) is 0 Å². The molecule has 0 aliphatic heterocycles. The van der Waals surface area contributed by atoms with Gasteiger partial charge in [0.15, 0.2) is 0 Å². The molecule has 0 aromatic rings. The van der Waals surface area contributed by atoms with E-state index < -0.39 is 0 Å². The standard InChI is InChI=1S/C10H21N3O2/c1-8(2)7-15-10(14)13-6-4-3-5-9(11)12/h8H,3-7H2,1-2H3,(H3,11,12)(H,13,14). The minimum absolute atomic E-state index is 0.192. The molecule has 0 unspecified atom stereocenters. The van der Waals surface area contributed by atoms with E-state index in [2.05, 4.69) is 5.32 Å². The van der Waals surface area contributed by atoms with Crippen LogP contribution in [0.3, 0.4) is 0 Å². The van der Waals surface area contributed by atoms with Gasteiger partial charge in [-0.25, -0.2) is 4.79 Å². The predicted octanol–water partition coefficient (Wildman–Crippen LogP) is 1.47. The number of nitrogens with one attached hydrogen (secondary N) is 2. The molecule has 0 aliphatic rings. The Morgan fingerprint density at radius 3 is 2.67 bits per heavy atom. The molecule has 0 atom stereocenters. The molecule has 0 spiro atoms. The summed E-state index contributed by atoms with van der Waals surface area (Å²) in [4.78, 5) is 11.0. The van der Waals surface area contributed by atoms with Crippen molar-refractivity contribution < 1.29 is 9.53 Å². The highest BCUT2D eigenvalue weighted by Crippen LogP contribution is 1.94. The Kier molecular flexibility index (Phi) is 7.40. The van der Waals surface area contributed by atoms with Gasteiger partial charge in [-0.1, -0.05) is 13.8 Å². The van der Waals surface area contributed by atoms with Crippen LogP contribution in [0.5, 0.6) is 0 Å². The summed E-state index contributed by atoms with van der Waals surface area (Å²) in [6, 6.07) is 0. The molecule has 0 radical (unpaired) electrons. The van der Waals surface area contributed by atoms with E-state index in [1.165, 1.54) is 0 Å². The SMILES string of the molecule is CC(C)COC(=O)NCCCCC(=N)N. The number of ether oxygens (including phenoxy) is 1. The number of nitrogens with two attached hydrogens (primary N) is 1. The van der Waals surface area contributed by atoms with E-state index in [1.807, 2.05) is 13.8 Å². The van der Waals surface area contributed by atoms with Gasteiger partial charge in [-0.15, -0.1) is 0 Å². The molecule has 0 heterocycles. The first kappa shape index (κ1) is 13.7. The summed E-state index contributed by atoms with van der Waals surface area (Å²) in [7, 11) is 0. The van der Waals surface area contributed by atoms with Crippen molar-refractivity contribution in [3.63, 3.8) is 0 Å². The second kappa shape index (κ2) is 8.08. The molecule has 0 saturated heterocycles. The molecule has 5 heteroatoms. The lowest BCUT2D eigenvalue weighted by molar-refractivity contribution is 0.133. The van der Waals surface area contributed by atoms with E-state index in [-0.39, 0.29) is 11.9 Å². The zero-order valence-electron chi connectivity index (χ0n) is 9.51. The molecule has 0 aromatic carbocycles. The number of unbranched alkanes of at least 4 members (excludes halogenated alkanes) is 1. The van der Waals surface area contributed by atoms with Crippen molar-refractivity contribution in [2.75, 3.05) is 13.2 Å². The molecule has 88 valence electrons. The minimum atomic E-state index is -0.369. The first-order valence-electron chi connectivity index (χ1n) is 5.26. The molecule has 0 aliphatic carbocycles. The van der Waals surface area contributed by atoms with Crippen molar-refractivity contribution >= 4 is 11.9 Å². The Hall–Kier alpha value is -1.26. The average Bonchev–Trinajstić information content (AvgIpc) is 2.13. The highest BCUT2D eigenvalue weighted by Gasteiger charge is 2.02. The first-order chi connectivity index (χ1) is 7.02. The fourth-order valence-electron chi connectivity index (χ4n) is 0.924. The maximum absolute atomic E-state index is 11.0. The van der Waals surface area contributed by atoms with Gasteiger partial charge in [0.2, 0.25) is 0 Å². The van der Waals surface area contributed by atoms with E-state index in [1.54, 1.807) is 0 Å². The lowest BCUT2D eigenvalue weighted by Crippen LogP contribution is -2.26. The maximum atomic E-state index is 11.0. The van der Waals surface area contributed by atoms with Gasteiger partial charge in [0.25, 0.3) is 0 Å². The van der Waals surface area contributed by atoms with Crippen molar-refractivity contribution in [3.05, 3.63) is 0 Å². The fraction of sp³-hybridized carbons (Fsp3) is 0.800. The van der Waals surface area contributed by atoms with E-state index >= 15 is 0 Å². The first-order valence-corrected chi connectivity index (χ1v) is 5.26. The molecule has 1 amide bonds. The topological polar surface area (TPSA) is 88.2 Å².